The summed E-state index contributed by atoms with van der Waals surface area (Å²) in [4.78, 5) is 11.8. The van der Waals surface area contributed by atoms with Gasteiger partial charge in [-0.2, -0.15) is 4.80 Å². The summed E-state index contributed by atoms with van der Waals surface area (Å²) in [6.07, 6.45) is -0.258. The van der Waals surface area contributed by atoms with Crippen molar-refractivity contribution in [3.63, 3.8) is 0 Å². The van der Waals surface area contributed by atoms with E-state index in [4.69, 9.17) is 23.2 Å². The van der Waals surface area contributed by atoms with Crippen LogP contribution in [0.1, 0.15) is 38.6 Å². The van der Waals surface area contributed by atoms with E-state index in [1.54, 1.807) is 0 Å². The lowest BCUT2D eigenvalue weighted by atomic mass is 9.96. The summed E-state index contributed by atoms with van der Waals surface area (Å²) in [6.45, 7) is 5.47. The first-order valence-electron chi connectivity index (χ1n) is 9.33. The minimum atomic E-state index is -2.79. The number of benzene rings is 1. The molecular formula is C19H19Cl2F3N6. The number of nitrogens with zero attached hydrogens (tertiary/aromatic N) is 6. The molecule has 30 heavy (non-hydrogen) atoms. The van der Waals surface area contributed by atoms with Crippen molar-refractivity contribution < 1.29 is 13.2 Å². The number of rotatable bonds is 3. The zero-order valence-corrected chi connectivity index (χ0v) is 18.1. The number of alkyl halides is 2. The van der Waals surface area contributed by atoms with Crippen LogP contribution in [0.4, 0.5) is 19.0 Å². The molecule has 1 aliphatic rings. The minimum absolute atomic E-state index is 0.00770. The largest absolute Gasteiger partial charge is 0.348 e. The zero-order chi connectivity index (χ0) is 21.8. The minimum Gasteiger partial charge on any atom is -0.348 e. The van der Waals surface area contributed by atoms with E-state index < -0.39 is 23.7 Å². The predicted octanol–water partition coefficient (Wildman–Crippen LogP) is 4.86. The van der Waals surface area contributed by atoms with Gasteiger partial charge in [-0.15, -0.1) is 10.2 Å². The van der Waals surface area contributed by atoms with Gasteiger partial charge in [0.15, 0.2) is 11.3 Å². The van der Waals surface area contributed by atoms with Gasteiger partial charge in [0.25, 0.3) is 5.92 Å². The molecule has 11 heteroatoms. The van der Waals surface area contributed by atoms with Crippen molar-refractivity contribution in [1.29, 1.82) is 0 Å². The van der Waals surface area contributed by atoms with Crippen molar-refractivity contribution in [2.75, 3.05) is 18.0 Å². The van der Waals surface area contributed by atoms with Gasteiger partial charge in [-0.05, 0) is 12.1 Å². The van der Waals surface area contributed by atoms with Crippen LogP contribution in [0.5, 0.6) is 0 Å². The van der Waals surface area contributed by atoms with E-state index in [9.17, 15) is 13.2 Å². The Bertz CT molecular complexity index is 1130. The van der Waals surface area contributed by atoms with Crippen molar-refractivity contribution in [2.24, 2.45) is 0 Å². The molecule has 0 unspecified atom stereocenters. The van der Waals surface area contributed by atoms with Crippen molar-refractivity contribution in [3.05, 3.63) is 39.4 Å². The van der Waals surface area contributed by atoms with Crippen molar-refractivity contribution in [2.45, 2.75) is 45.1 Å². The summed E-state index contributed by atoms with van der Waals surface area (Å²) < 4.78 is 41.5. The van der Waals surface area contributed by atoms with Gasteiger partial charge < -0.3 is 4.90 Å². The molecule has 160 valence electrons. The van der Waals surface area contributed by atoms with E-state index in [-0.39, 0.29) is 35.2 Å². The van der Waals surface area contributed by atoms with E-state index >= 15 is 0 Å². The second-order valence-electron chi connectivity index (χ2n) is 8.37. The molecule has 4 rings (SSSR count). The Morgan fingerprint density at radius 1 is 1.13 bits per heavy atom. The van der Waals surface area contributed by atoms with Crippen LogP contribution in [0, 0.1) is 5.82 Å². The lowest BCUT2D eigenvalue weighted by Gasteiger charge is -2.21. The molecule has 0 saturated carbocycles. The second kappa shape index (κ2) is 7.23. The third-order valence-corrected chi connectivity index (χ3v) is 5.61. The van der Waals surface area contributed by atoms with E-state index in [1.807, 2.05) is 20.8 Å². The molecule has 0 bridgehead atoms. The van der Waals surface area contributed by atoms with Gasteiger partial charge in [-0.25, -0.2) is 23.1 Å². The maximum atomic E-state index is 13.9. The molecule has 3 heterocycles. The standard InChI is InChI=1S/C19H19Cl2F3N6/c1-18(2,3)17-25-15-14(16(26-17)29-7-6-19(23,24)9-29)27-30(28-15)8-10-11(20)4-5-12(22)13(10)21/h4-5H,6-9H2,1-3H3. The highest BCUT2D eigenvalue weighted by molar-refractivity contribution is 6.36. The topological polar surface area (TPSA) is 59.7 Å². The lowest BCUT2D eigenvalue weighted by molar-refractivity contribution is 0.0257. The Kier molecular flexibility index (Phi) is 5.09. The first-order chi connectivity index (χ1) is 13.9. The van der Waals surface area contributed by atoms with Crippen LogP contribution in [0.3, 0.4) is 0 Å². The maximum absolute atomic E-state index is 13.9. The van der Waals surface area contributed by atoms with Crippen LogP contribution < -0.4 is 4.90 Å². The van der Waals surface area contributed by atoms with Gasteiger partial charge in [0.1, 0.15) is 11.6 Å². The molecule has 0 amide bonds. The number of fused-ring (bicyclic) bond motifs is 1. The average molecular weight is 459 g/mol. The highest BCUT2D eigenvalue weighted by Gasteiger charge is 2.40. The van der Waals surface area contributed by atoms with Gasteiger partial charge in [-0.1, -0.05) is 44.0 Å². The quantitative estimate of drug-likeness (QED) is 0.524. The molecule has 6 nitrogen and oxygen atoms in total. The van der Waals surface area contributed by atoms with Gasteiger partial charge in [0.05, 0.1) is 18.1 Å². The van der Waals surface area contributed by atoms with E-state index in [2.05, 4.69) is 20.2 Å². The fraction of sp³-hybridized carbons (Fsp3) is 0.474. The van der Waals surface area contributed by atoms with Crippen LogP contribution in [0.15, 0.2) is 12.1 Å². The van der Waals surface area contributed by atoms with Gasteiger partial charge in [0.2, 0.25) is 5.65 Å². The fourth-order valence-corrected chi connectivity index (χ4v) is 3.73. The predicted molar refractivity (Wildman–Crippen MR) is 109 cm³/mol. The number of halogens is 5. The molecule has 0 spiro atoms. The zero-order valence-electron chi connectivity index (χ0n) is 16.6. The molecule has 0 radical (unpaired) electrons. The summed E-state index contributed by atoms with van der Waals surface area (Å²) in [5.41, 5.74) is 0.453. The molecule has 1 aliphatic heterocycles. The number of hydrogen-bond donors (Lipinski definition) is 0. The van der Waals surface area contributed by atoms with Gasteiger partial charge in [0, 0.05) is 29.0 Å². The van der Waals surface area contributed by atoms with Crippen molar-refractivity contribution in [3.8, 4) is 0 Å². The van der Waals surface area contributed by atoms with Gasteiger partial charge in [-0.3, -0.25) is 0 Å². The highest BCUT2D eigenvalue weighted by Crippen LogP contribution is 2.34. The first kappa shape index (κ1) is 21.1. The maximum Gasteiger partial charge on any atom is 0.266 e. The van der Waals surface area contributed by atoms with E-state index in [0.717, 1.165) is 0 Å². The Balaban J connectivity index is 1.82. The van der Waals surface area contributed by atoms with E-state index in [1.165, 1.54) is 21.8 Å². The Labute approximate surface area is 181 Å². The molecule has 0 atom stereocenters. The smallest absolute Gasteiger partial charge is 0.266 e. The summed E-state index contributed by atoms with van der Waals surface area (Å²) >= 11 is 12.2. The average Bonchev–Trinajstić information content (AvgIpc) is 3.22. The Hall–Kier alpha value is -2.13. The third kappa shape index (κ3) is 3.92. The SMILES string of the molecule is CC(C)(C)c1nc(N2CCC(F)(F)C2)c2nn(Cc3c(Cl)ccc(F)c3Cl)nc2n1. The van der Waals surface area contributed by atoms with Crippen LogP contribution in [-0.4, -0.2) is 44.0 Å². The first-order valence-corrected chi connectivity index (χ1v) is 10.1. The summed E-state index contributed by atoms with van der Waals surface area (Å²) in [7, 11) is 0. The molecule has 3 aromatic rings. The molecule has 1 fully saturated rings. The monoisotopic (exact) mass is 458 g/mol. The van der Waals surface area contributed by atoms with Crippen LogP contribution in [0.25, 0.3) is 11.2 Å². The van der Waals surface area contributed by atoms with Crippen molar-refractivity contribution in [1.82, 2.24) is 25.0 Å². The third-order valence-electron chi connectivity index (χ3n) is 4.85. The summed E-state index contributed by atoms with van der Waals surface area (Å²) in [5.74, 6) is -2.63. The molecule has 2 aromatic heterocycles. The van der Waals surface area contributed by atoms with Crippen LogP contribution in [0.2, 0.25) is 10.0 Å². The summed E-state index contributed by atoms with van der Waals surface area (Å²) in [5, 5.41) is 8.90. The number of aromatic nitrogens is 5. The molecule has 1 saturated heterocycles. The molecular weight excluding hydrogens is 440 g/mol. The number of hydrogen-bond acceptors (Lipinski definition) is 5. The molecule has 0 N–H and O–H groups in total. The number of anilines is 1. The molecule has 1 aromatic carbocycles. The fourth-order valence-electron chi connectivity index (χ4n) is 3.24. The molecule has 0 aliphatic carbocycles. The second-order valence-corrected chi connectivity index (χ2v) is 9.16. The van der Waals surface area contributed by atoms with Crippen LogP contribution in [-0.2, 0) is 12.0 Å². The Morgan fingerprint density at radius 3 is 2.50 bits per heavy atom. The lowest BCUT2D eigenvalue weighted by Crippen LogP contribution is -2.27. The normalized spacial score (nSPS) is 16.6. The van der Waals surface area contributed by atoms with Crippen molar-refractivity contribution >= 4 is 40.2 Å². The van der Waals surface area contributed by atoms with Gasteiger partial charge >= 0.3 is 0 Å². The summed E-state index contributed by atoms with van der Waals surface area (Å²) in [6, 6.07) is 2.57. The Morgan fingerprint density at radius 2 is 1.87 bits per heavy atom. The van der Waals surface area contributed by atoms with E-state index in [0.29, 0.717) is 22.7 Å². The highest BCUT2D eigenvalue weighted by atomic mass is 35.5. The van der Waals surface area contributed by atoms with Crippen LogP contribution >= 0.6 is 23.2 Å².